The molecule has 0 aromatic carbocycles. The molecule has 0 spiro atoms. The van der Waals surface area contributed by atoms with Gasteiger partial charge in [-0.1, -0.05) is 6.07 Å². The predicted molar refractivity (Wildman–Crippen MR) is 44.2 cm³/mol. The number of hydrogen-bond acceptors (Lipinski definition) is 1. The monoisotopic (exact) mass is 173 g/mol. The zero-order valence-corrected chi connectivity index (χ0v) is 4.97. The Morgan fingerprint density at radius 2 is 1.00 bits per heavy atom. The van der Waals surface area contributed by atoms with Gasteiger partial charge in [-0.25, -0.2) is 0 Å². The second kappa shape index (κ2) is 23.1. The summed E-state index contributed by atoms with van der Waals surface area (Å²) in [7, 11) is 0. The highest BCUT2D eigenvalue weighted by Gasteiger charge is 1.58. The lowest BCUT2D eigenvalue weighted by Gasteiger charge is -1.70. The van der Waals surface area contributed by atoms with Crippen LogP contribution < -0.4 is 0 Å². The SMILES string of the molecule is B.F.F.F.F.c1ccncc1. The average Bonchev–Trinajstić information content (AvgIpc) is 1.72. The molecule has 0 atom stereocenters. The molecule has 11 heavy (non-hydrogen) atoms. The third-order valence-corrected chi connectivity index (χ3v) is 0.566. The number of pyridine rings is 1. The van der Waals surface area contributed by atoms with Crippen LogP contribution in [0.3, 0.4) is 0 Å². The summed E-state index contributed by atoms with van der Waals surface area (Å²) in [6, 6.07) is 5.72. The predicted octanol–water partition coefficient (Wildman–Crippen LogP) is 0.508. The van der Waals surface area contributed by atoms with Gasteiger partial charge in [0.1, 0.15) is 0 Å². The lowest BCUT2D eigenvalue weighted by molar-refractivity contribution is 1.11. The molecule has 1 nitrogen and oxygen atoms in total. The molecule has 0 saturated heterocycles. The maximum Gasteiger partial charge on any atom is 0.0814 e. The van der Waals surface area contributed by atoms with Crippen molar-refractivity contribution < 1.29 is 18.8 Å². The van der Waals surface area contributed by atoms with Crippen LogP contribution in [0.25, 0.3) is 0 Å². The Bertz CT molecular complexity index is 90.4. The Balaban J connectivity index is -0.0000000240. The van der Waals surface area contributed by atoms with Crippen LogP contribution >= 0.6 is 0 Å². The standard InChI is InChI=1S/C5H5N.BH3.4FH/c1-2-4-6-5-3-1;;;;;/h1-5H;1H3;4*1H. The van der Waals surface area contributed by atoms with E-state index in [9.17, 15) is 0 Å². The maximum absolute atomic E-state index is 3.78. The van der Waals surface area contributed by atoms with Crippen LogP contribution in [0.5, 0.6) is 0 Å². The average molecular weight is 173 g/mol. The van der Waals surface area contributed by atoms with Gasteiger partial charge in [-0.3, -0.25) is 23.8 Å². The Hall–Kier alpha value is -1.07. The van der Waals surface area contributed by atoms with Gasteiger partial charge in [0.05, 0.1) is 8.41 Å². The van der Waals surface area contributed by atoms with Crippen molar-refractivity contribution in [2.45, 2.75) is 0 Å². The van der Waals surface area contributed by atoms with Crippen molar-refractivity contribution in [2.75, 3.05) is 0 Å². The van der Waals surface area contributed by atoms with Crippen LogP contribution in [-0.2, 0) is 0 Å². The maximum atomic E-state index is 3.78. The fourth-order valence-corrected chi connectivity index (χ4v) is 0.313. The van der Waals surface area contributed by atoms with Gasteiger partial charge < -0.3 is 0 Å². The van der Waals surface area contributed by atoms with E-state index in [0.29, 0.717) is 0 Å². The lowest BCUT2D eigenvalue weighted by Crippen LogP contribution is -1.58. The van der Waals surface area contributed by atoms with Crippen molar-refractivity contribution in [3.63, 3.8) is 0 Å². The summed E-state index contributed by atoms with van der Waals surface area (Å²) in [5, 5.41) is 0. The first-order valence-corrected chi connectivity index (χ1v) is 1.85. The summed E-state index contributed by atoms with van der Waals surface area (Å²) in [5.41, 5.74) is 0. The van der Waals surface area contributed by atoms with E-state index in [1.54, 1.807) is 12.4 Å². The van der Waals surface area contributed by atoms with Crippen molar-refractivity contribution >= 4 is 8.41 Å². The summed E-state index contributed by atoms with van der Waals surface area (Å²) in [6.45, 7) is 0. The van der Waals surface area contributed by atoms with Gasteiger partial charge in [0.25, 0.3) is 0 Å². The molecule has 1 aromatic heterocycles. The minimum atomic E-state index is 0. The molecule has 0 N–H and O–H groups in total. The van der Waals surface area contributed by atoms with Crippen molar-refractivity contribution in [1.29, 1.82) is 0 Å². The molecule has 68 valence electrons. The van der Waals surface area contributed by atoms with E-state index in [4.69, 9.17) is 0 Å². The third-order valence-electron chi connectivity index (χ3n) is 0.566. The first-order chi connectivity index (χ1) is 3.00. The summed E-state index contributed by atoms with van der Waals surface area (Å²) in [6.07, 6.45) is 3.50. The fourth-order valence-electron chi connectivity index (χ4n) is 0.313. The quantitative estimate of drug-likeness (QED) is 0.411. The molecule has 0 saturated carbocycles. The molecular formula is C5H12BF4N. The highest BCUT2D eigenvalue weighted by atomic mass is 19.0. The number of hydrogen-bond donors (Lipinski definition) is 0. The van der Waals surface area contributed by atoms with E-state index in [0.717, 1.165) is 0 Å². The second-order valence-electron chi connectivity index (χ2n) is 1.02. The highest BCUT2D eigenvalue weighted by molar-refractivity contribution is 5.75. The molecule has 1 rings (SSSR count). The van der Waals surface area contributed by atoms with Crippen molar-refractivity contribution in [2.24, 2.45) is 0 Å². The molecule has 0 aliphatic rings. The van der Waals surface area contributed by atoms with Gasteiger partial charge in [-0.2, -0.15) is 0 Å². The van der Waals surface area contributed by atoms with E-state index >= 15 is 0 Å². The van der Waals surface area contributed by atoms with Gasteiger partial charge in [0.15, 0.2) is 0 Å². The molecule has 0 bridgehead atoms. The molecule has 0 fully saturated rings. The molecule has 1 heterocycles. The molecule has 6 heteroatoms. The van der Waals surface area contributed by atoms with Crippen LogP contribution in [0.15, 0.2) is 30.6 Å². The molecule has 0 radical (unpaired) electrons. The largest absolute Gasteiger partial charge is 0.269 e. The van der Waals surface area contributed by atoms with Gasteiger partial charge >= 0.3 is 0 Å². The first kappa shape index (κ1) is 32.6. The third kappa shape index (κ3) is 17.6. The summed E-state index contributed by atoms with van der Waals surface area (Å²) >= 11 is 0. The van der Waals surface area contributed by atoms with Crippen LogP contribution in [-0.4, -0.2) is 13.4 Å². The normalized spacial score (nSPS) is 4.36. The van der Waals surface area contributed by atoms with E-state index < -0.39 is 0 Å². The minimum Gasteiger partial charge on any atom is -0.269 e. The first-order valence-electron chi connectivity index (χ1n) is 1.85. The highest BCUT2D eigenvalue weighted by Crippen LogP contribution is 1.73. The van der Waals surface area contributed by atoms with Crippen LogP contribution in [0, 0.1) is 0 Å². The Labute approximate surface area is 63.9 Å². The minimum absolute atomic E-state index is 0. The summed E-state index contributed by atoms with van der Waals surface area (Å²) in [5.74, 6) is 0. The zero-order chi connectivity index (χ0) is 4.24. The summed E-state index contributed by atoms with van der Waals surface area (Å²) in [4.78, 5) is 3.78. The Kier molecular flexibility index (Phi) is 68.4. The smallest absolute Gasteiger partial charge is 0.0814 e. The molecule has 0 aliphatic heterocycles. The van der Waals surface area contributed by atoms with Crippen molar-refractivity contribution in [1.82, 2.24) is 4.98 Å². The van der Waals surface area contributed by atoms with Gasteiger partial charge in [0, 0.05) is 12.4 Å². The number of nitrogens with zero attached hydrogens (tertiary/aromatic N) is 1. The number of aromatic nitrogens is 1. The molecule has 1 aromatic rings. The van der Waals surface area contributed by atoms with Crippen LogP contribution in [0.4, 0.5) is 18.8 Å². The summed E-state index contributed by atoms with van der Waals surface area (Å²) < 4.78 is 0. The van der Waals surface area contributed by atoms with E-state index in [1.165, 1.54) is 0 Å². The molecule has 0 unspecified atom stereocenters. The van der Waals surface area contributed by atoms with Crippen molar-refractivity contribution in [3.05, 3.63) is 30.6 Å². The molecule has 0 amide bonds. The Morgan fingerprint density at radius 1 is 0.636 bits per heavy atom. The molecule has 0 aliphatic carbocycles. The Morgan fingerprint density at radius 3 is 1.09 bits per heavy atom. The van der Waals surface area contributed by atoms with Crippen LogP contribution in [0.1, 0.15) is 0 Å². The number of rotatable bonds is 0. The van der Waals surface area contributed by atoms with Crippen molar-refractivity contribution in [3.8, 4) is 0 Å². The fraction of sp³-hybridized carbons (Fsp3) is 0. The molecular weight excluding hydrogens is 161 g/mol. The van der Waals surface area contributed by atoms with Gasteiger partial charge in [-0.05, 0) is 12.1 Å². The van der Waals surface area contributed by atoms with E-state index in [1.807, 2.05) is 18.2 Å². The topological polar surface area (TPSA) is 12.9 Å². The van der Waals surface area contributed by atoms with Gasteiger partial charge in [-0.15, -0.1) is 0 Å². The second-order valence-corrected chi connectivity index (χ2v) is 1.02. The van der Waals surface area contributed by atoms with E-state index in [2.05, 4.69) is 4.98 Å². The number of halogens is 4. The lowest BCUT2D eigenvalue weighted by atomic mass is 10.5. The van der Waals surface area contributed by atoms with Gasteiger partial charge in [0.2, 0.25) is 0 Å². The van der Waals surface area contributed by atoms with E-state index in [-0.39, 0.29) is 27.2 Å². The zero-order valence-electron chi connectivity index (χ0n) is 4.97. The van der Waals surface area contributed by atoms with Crippen LogP contribution in [0.2, 0.25) is 0 Å².